The van der Waals surface area contributed by atoms with Crippen molar-refractivity contribution >= 4 is 27.3 Å². The Morgan fingerprint density at radius 2 is 1.66 bits per heavy atom. The Morgan fingerprint density at radius 1 is 0.966 bits per heavy atom. The number of nitrogens with zero attached hydrogens (tertiary/aromatic N) is 1. The van der Waals surface area contributed by atoms with E-state index in [1.54, 1.807) is 36.4 Å². The highest BCUT2D eigenvalue weighted by Gasteiger charge is 2.16. The average molecular weight is 405 g/mol. The zero-order chi connectivity index (χ0) is 21.0. The lowest BCUT2D eigenvalue weighted by molar-refractivity contribution is 0.102. The van der Waals surface area contributed by atoms with Crippen LogP contribution in [0, 0.1) is 25.2 Å². The second-order valence-corrected chi connectivity index (χ2v) is 8.21. The summed E-state index contributed by atoms with van der Waals surface area (Å²) in [4.78, 5) is 12.4. The number of amides is 1. The summed E-state index contributed by atoms with van der Waals surface area (Å²) in [6.07, 6.45) is 0. The number of aryl methyl sites for hydroxylation is 1. The fourth-order valence-corrected chi connectivity index (χ4v) is 3.84. The molecule has 0 aromatic heterocycles. The number of rotatable bonds is 5. The van der Waals surface area contributed by atoms with Crippen molar-refractivity contribution in [3.8, 4) is 6.07 Å². The first kappa shape index (κ1) is 20.1. The van der Waals surface area contributed by atoms with Crippen molar-refractivity contribution in [1.29, 1.82) is 5.26 Å². The minimum absolute atomic E-state index is 0.0569. The number of nitriles is 1. The molecule has 0 heterocycles. The second-order valence-electron chi connectivity index (χ2n) is 6.52. The van der Waals surface area contributed by atoms with Crippen LogP contribution in [0.1, 0.15) is 27.0 Å². The van der Waals surface area contributed by atoms with Gasteiger partial charge in [0.1, 0.15) is 0 Å². The smallest absolute Gasteiger partial charge is 0.261 e. The van der Waals surface area contributed by atoms with Crippen molar-refractivity contribution in [3.63, 3.8) is 0 Å². The number of benzene rings is 3. The number of carbonyl (C=O) groups excluding carboxylic acids is 1. The first-order valence-corrected chi connectivity index (χ1v) is 10.3. The van der Waals surface area contributed by atoms with E-state index < -0.39 is 15.9 Å². The minimum Gasteiger partial charge on any atom is -0.322 e. The van der Waals surface area contributed by atoms with Gasteiger partial charge in [-0.3, -0.25) is 9.52 Å². The second kappa shape index (κ2) is 8.17. The molecule has 146 valence electrons. The molecule has 3 aromatic rings. The highest BCUT2D eigenvalue weighted by atomic mass is 32.2. The normalized spacial score (nSPS) is 10.8. The molecule has 0 spiro atoms. The third-order valence-corrected chi connectivity index (χ3v) is 5.91. The van der Waals surface area contributed by atoms with Gasteiger partial charge in [0.25, 0.3) is 15.9 Å². The van der Waals surface area contributed by atoms with Crippen LogP contribution in [-0.2, 0) is 10.0 Å². The SMILES string of the molecule is Cc1cccc(NS(=O)(=O)c2ccc(C(=O)Nc3cccc(C#N)c3)cc2)c1C. The molecule has 0 aliphatic carbocycles. The molecule has 3 aromatic carbocycles. The molecule has 7 heteroatoms. The molecule has 0 atom stereocenters. The summed E-state index contributed by atoms with van der Waals surface area (Å²) in [6, 6.07) is 19.6. The van der Waals surface area contributed by atoms with Crippen molar-refractivity contribution in [2.75, 3.05) is 10.0 Å². The molecule has 0 aliphatic rings. The van der Waals surface area contributed by atoms with Gasteiger partial charge >= 0.3 is 0 Å². The fraction of sp³-hybridized carbons (Fsp3) is 0.0909. The molecule has 6 nitrogen and oxygen atoms in total. The maximum absolute atomic E-state index is 12.7. The Bertz CT molecular complexity index is 1210. The standard InChI is InChI=1S/C22H19N3O3S/c1-15-5-3-8-21(16(15)2)25-29(27,28)20-11-9-18(10-12-20)22(26)24-19-7-4-6-17(13-19)14-23/h3-13,25H,1-2H3,(H,24,26). The summed E-state index contributed by atoms with van der Waals surface area (Å²) in [5, 5.41) is 11.6. The van der Waals surface area contributed by atoms with Crippen LogP contribution in [0.2, 0.25) is 0 Å². The first-order valence-electron chi connectivity index (χ1n) is 8.81. The van der Waals surface area contributed by atoms with Gasteiger partial charge in [0.15, 0.2) is 0 Å². The van der Waals surface area contributed by atoms with Crippen molar-refractivity contribution in [2.24, 2.45) is 0 Å². The summed E-state index contributed by atoms with van der Waals surface area (Å²) in [5.74, 6) is -0.397. The highest BCUT2D eigenvalue weighted by molar-refractivity contribution is 7.92. The number of nitrogens with one attached hydrogen (secondary N) is 2. The summed E-state index contributed by atoms with van der Waals surface area (Å²) in [7, 11) is -3.78. The number of carbonyl (C=O) groups is 1. The Hall–Kier alpha value is -3.63. The Balaban J connectivity index is 1.77. The number of hydrogen-bond donors (Lipinski definition) is 2. The maximum atomic E-state index is 12.7. The molecule has 0 fully saturated rings. The zero-order valence-electron chi connectivity index (χ0n) is 15.9. The third kappa shape index (κ3) is 4.62. The molecule has 0 saturated carbocycles. The van der Waals surface area contributed by atoms with Crippen LogP contribution in [0.25, 0.3) is 0 Å². The van der Waals surface area contributed by atoms with E-state index in [-0.39, 0.29) is 4.90 Å². The van der Waals surface area contributed by atoms with Gasteiger partial charge in [-0.1, -0.05) is 18.2 Å². The molecule has 3 rings (SSSR count). The average Bonchev–Trinajstić information content (AvgIpc) is 2.71. The Morgan fingerprint density at radius 3 is 2.34 bits per heavy atom. The molecule has 0 unspecified atom stereocenters. The molecule has 29 heavy (non-hydrogen) atoms. The summed E-state index contributed by atoms with van der Waals surface area (Å²) in [6.45, 7) is 3.76. The van der Waals surface area contributed by atoms with Crippen LogP contribution in [0.5, 0.6) is 0 Å². The van der Waals surface area contributed by atoms with Crippen LogP contribution in [-0.4, -0.2) is 14.3 Å². The van der Waals surface area contributed by atoms with Gasteiger partial charge in [0.05, 0.1) is 22.2 Å². The van der Waals surface area contributed by atoms with E-state index in [4.69, 9.17) is 5.26 Å². The van der Waals surface area contributed by atoms with Crippen molar-refractivity contribution < 1.29 is 13.2 Å². The topological polar surface area (TPSA) is 99.1 Å². The first-order chi connectivity index (χ1) is 13.8. The lowest BCUT2D eigenvalue weighted by atomic mass is 10.1. The Labute approximate surface area is 169 Å². The van der Waals surface area contributed by atoms with E-state index in [1.807, 2.05) is 26.0 Å². The van der Waals surface area contributed by atoms with Gasteiger partial charge in [-0.05, 0) is 73.5 Å². The van der Waals surface area contributed by atoms with E-state index >= 15 is 0 Å². The van der Waals surface area contributed by atoms with Crippen LogP contribution in [0.15, 0.2) is 71.6 Å². The van der Waals surface area contributed by atoms with Gasteiger partial charge in [0.2, 0.25) is 0 Å². The zero-order valence-corrected chi connectivity index (χ0v) is 16.7. The van der Waals surface area contributed by atoms with Crippen molar-refractivity contribution in [2.45, 2.75) is 18.7 Å². The predicted octanol–water partition coefficient (Wildman–Crippen LogP) is 4.23. The number of sulfonamides is 1. The molecular formula is C22H19N3O3S. The van der Waals surface area contributed by atoms with E-state index in [1.165, 1.54) is 24.3 Å². The van der Waals surface area contributed by atoms with Gasteiger partial charge in [0, 0.05) is 11.3 Å². The highest BCUT2D eigenvalue weighted by Crippen LogP contribution is 2.22. The molecule has 0 radical (unpaired) electrons. The minimum atomic E-state index is -3.78. The molecular weight excluding hydrogens is 386 g/mol. The summed E-state index contributed by atoms with van der Waals surface area (Å²) in [5.41, 5.74) is 3.58. The molecule has 0 saturated heterocycles. The quantitative estimate of drug-likeness (QED) is 0.663. The molecule has 2 N–H and O–H groups in total. The van der Waals surface area contributed by atoms with Gasteiger partial charge in [-0.25, -0.2) is 8.42 Å². The maximum Gasteiger partial charge on any atom is 0.261 e. The van der Waals surface area contributed by atoms with Crippen LogP contribution >= 0.6 is 0 Å². The van der Waals surface area contributed by atoms with E-state index in [9.17, 15) is 13.2 Å². The van der Waals surface area contributed by atoms with Crippen molar-refractivity contribution in [1.82, 2.24) is 0 Å². The largest absolute Gasteiger partial charge is 0.322 e. The predicted molar refractivity (Wildman–Crippen MR) is 112 cm³/mol. The molecule has 0 bridgehead atoms. The van der Waals surface area contributed by atoms with Gasteiger partial charge in [-0.2, -0.15) is 5.26 Å². The monoisotopic (exact) mass is 405 g/mol. The fourth-order valence-electron chi connectivity index (χ4n) is 2.72. The number of hydrogen-bond acceptors (Lipinski definition) is 4. The number of anilines is 2. The van der Waals surface area contributed by atoms with E-state index in [2.05, 4.69) is 10.0 Å². The lowest BCUT2D eigenvalue weighted by Crippen LogP contribution is -2.15. The molecule has 1 amide bonds. The van der Waals surface area contributed by atoms with Gasteiger partial charge < -0.3 is 5.32 Å². The van der Waals surface area contributed by atoms with Gasteiger partial charge in [-0.15, -0.1) is 0 Å². The summed E-state index contributed by atoms with van der Waals surface area (Å²) >= 11 is 0. The van der Waals surface area contributed by atoms with E-state index in [0.717, 1.165) is 11.1 Å². The third-order valence-electron chi connectivity index (χ3n) is 4.53. The Kier molecular flexibility index (Phi) is 5.66. The lowest BCUT2D eigenvalue weighted by Gasteiger charge is -2.12. The van der Waals surface area contributed by atoms with Crippen LogP contribution in [0.4, 0.5) is 11.4 Å². The molecule has 0 aliphatic heterocycles. The van der Waals surface area contributed by atoms with E-state index in [0.29, 0.717) is 22.5 Å². The van der Waals surface area contributed by atoms with Crippen LogP contribution < -0.4 is 10.0 Å². The van der Waals surface area contributed by atoms with Crippen molar-refractivity contribution in [3.05, 3.63) is 89.0 Å². The summed E-state index contributed by atoms with van der Waals surface area (Å²) < 4.78 is 27.9. The van der Waals surface area contributed by atoms with Crippen LogP contribution in [0.3, 0.4) is 0 Å².